The summed E-state index contributed by atoms with van der Waals surface area (Å²) in [7, 11) is 0. The Morgan fingerprint density at radius 3 is 1.95 bits per heavy atom. The maximum Gasteiger partial charge on any atom is 0.416 e. The van der Waals surface area contributed by atoms with Gasteiger partial charge in [0.1, 0.15) is 0 Å². The second-order valence-corrected chi connectivity index (χ2v) is 5.56. The van der Waals surface area contributed by atoms with Crippen LogP contribution in [0.2, 0.25) is 0 Å². The standard InChI is InChI=1S/C14H18F3NO/c1-9(18-12(19)13(2,3)4)10-5-7-11(8-6-10)14(15,16)17/h5-9H,1-4H3,(H,18,19)/t9-/m1/s1. The molecule has 0 saturated carbocycles. The van der Waals surface area contributed by atoms with Crippen molar-refractivity contribution < 1.29 is 18.0 Å². The summed E-state index contributed by atoms with van der Waals surface area (Å²) in [5.74, 6) is -0.139. The minimum Gasteiger partial charge on any atom is -0.349 e. The molecular weight excluding hydrogens is 255 g/mol. The van der Waals surface area contributed by atoms with Crippen LogP contribution >= 0.6 is 0 Å². The van der Waals surface area contributed by atoms with E-state index in [4.69, 9.17) is 0 Å². The molecule has 0 saturated heterocycles. The van der Waals surface area contributed by atoms with Gasteiger partial charge in [-0.25, -0.2) is 0 Å². The molecule has 1 aromatic rings. The average Bonchev–Trinajstić information content (AvgIpc) is 2.26. The molecule has 0 radical (unpaired) electrons. The minimum atomic E-state index is -4.34. The van der Waals surface area contributed by atoms with Crippen molar-refractivity contribution in [1.29, 1.82) is 0 Å². The third-order valence-corrected chi connectivity index (χ3v) is 2.77. The van der Waals surface area contributed by atoms with Crippen molar-refractivity contribution >= 4 is 5.91 Å². The molecule has 1 N–H and O–H groups in total. The Bertz CT molecular complexity index is 443. The van der Waals surface area contributed by atoms with Crippen LogP contribution in [0.3, 0.4) is 0 Å². The average molecular weight is 273 g/mol. The van der Waals surface area contributed by atoms with Crippen molar-refractivity contribution in [3.05, 3.63) is 35.4 Å². The molecule has 1 rings (SSSR count). The van der Waals surface area contributed by atoms with Crippen LogP contribution in [0.5, 0.6) is 0 Å². The van der Waals surface area contributed by atoms with Gasteiger partial charge in [-0.3, -0.25) is 4.79 Å². The summed E-state index contributed by atoms with van der Waals surface area (Å²) in [5.41, 5.74) is -0.573. The Labute approximate surface area is 111 Å². The third-order valence-electron chi connectivity index (χ3n) is 2.77. The van der Waals surface area contributed by atoms with Gasteiger partial charge in [0, 0.05) is 5.41 Å². The van der Waals surface area contributed by atoms with E-state index in [9.17, 15) is 18.0 Å². The molecule has 1 amide bonds. The lowest BCUT2D eigenvalue weighted by molar-refractivity contribution is -0.137. The Kier molecular flexibility index (Phi) is 4.28. The third kappa shape index (κ3) is 4.26. The number of hydrogen-bond donors (Lipinski definition) is 1. The van der Waals surface area contributed by atoms with Gasteiger partial charge in [0.2, 0.25) is 5.91 Å². The molecule has 0 heterocycles. The van der Waals surface area contributed by atoms with Crippen LogP contribution in [-0.2, 0) is 11.0 Å². The summed E-state index contributed by atoms with van der Waals surface area (Å²) in [4.78, 5) is 11.8. The molecule has 0 aliphatic rings. The van der Waals surface area contributed by atoms with Gasteiger partial charge in [-0.05, 0) is 24.6 Å². The Hall–Kier alpha value is -1.52. The molecule has 0 fully saturated rings. The predicted molar refractivity (Wildman–Crippen MR) is 67.5 cm³/mol. The maximum absolute atomic E-state index is 12.4. The van der Waals surface area contributed by atoms with Gasteiger partial charge in [-0.2, -0.15) is 13.2 Å². The van der Waals surface area contributed by atoms with E-state index in [0.29, 0.717) is 5.56 Å². The van der Waals surface area contributed by atoms with Gasteiger partial charge >= 0.3 is 6.18 Å². The Morgan fingerprint density at radius 2 is 1.58 bits per heavy atom. The quantitative estimate of drug-likeness (QED) is 0.869. The molecule has 0 aliphatic heterocycles. The molecule has 0 bridgehead atoms. The fourth-order valence-electron chi connectivity index (χ4n) is 1.46. The van der Waals surface area contributed by atoms with Crippen molar-refractivity contribution in [2.75, 3.05) is 0 Å². The molecule has 19 heavy (non-hydrogen) atoms. The molecule has 1 atom stereocenters. The second kappa shape index (κ2) is 5.23. The normalized spacial score (nSPS) is 14.1. The van der Waals surface area contributed by atoms with Crippen LogP contribution in [0.25, 0.3) is 0 Å². The summed E-state index contributed by atoms with van der Waals surface area (Å²) >= 11 is 0. The van der Waals surface area contributed by atoms with Crippen molar-refractivity contribution in [2.24, 2.45) is 5.41 Å². The molecule has 0 aliphatic carbocycles. The van der Waals surface area contributed by atoms with E-state index in [1.165, 1.54) is 12.1 Å². The number of rotatable bonds is 2. The zero-order valence-electron chi connectivity index (χ0n) is 11.4. The minimum absolute atomic E-state index is 0.139. The van der Waals surface area contributed by atoms with Crippen LogP contribution in [0, 0.1) is 5.41 Å². The topological polar surface area (TPSA) is 29.1 Å². The highest BCUT2D eigenvalue weighted by Crippen LogP contribution is 2.30. The molecular formula is C14H18F3NO. The largest absolute Gasteiger partial charge is 0.416 e. The first-order valence-electron chi connectivity index (χ1n) is 6.00. The summed E-state index contributed by atoms with van der Waals surface area (Å²) in [6, 6.07) is 4.49. The van der Waals surface area contributed by atoms with E-state index in [0.717, 1.165) is 12.1 Å². The van der Waals surface area contributed by atoms with Crippen LogP contribution in [-0.4, -0.2) is 5.91 Å². The predicted octanol–water partition coefficient (Wildman–Crippen LogP) is 3.93. The number of amides is 1. The lowest BCUT2D eigenvalue weighted by Crippen LogP contribution is -2.36. The molecule has 2 nitrogen and oxygen atoms in total. The van der Waals surface area contributed by atoms with Gasteiger partial charge < -0.3 is 5.32 Å². The number of benzene rings is 1. The lowest BCUT2D eigenvalue weighted by Gasteiger charge is -2.22. The first-order chi connectivity index (χ1) is 8.51. The monoisotopic (exact) mass is 273 g/mol. The molecule has 0 unspecified atom stereocenters. The fraction of sp³-hybridized carbons (Fsp3) is 0.500. The smallest absolute Gasteiger partial charge is 0.349 e. The van der Waals surface area contributed by atoms with E-state index < -0.39 is 17.2 Å². The summed E-state index contributed by atoms with van der Waals surface area (Å²) in [6.07, 6.45) is -4.34. The van der Waals surface area contributed by atoms with Crippen LogP contribution in [0.15, 0.2) is 24.3 Å². The maximum atomic E-state index is 12.4. The van der Waals surface area contributed by atoms with Gasteiger partial charge in [0.25, 0.3) is 0 Å². The van der Waals surface area contributed by atoms with Crippen LogP contribution in [0.4, 0.5) is 13.2 Å². The van der Waals surface area contributed by atoms with E-state index >= 15 is 0 Å². The van der Waals surface area contributed by atoms with E-state index in [-0.39, 0.29) is 11.9 Å². The SMILES string of the molecule is C[C@@H](NC(=O)C(C)(C)C)c1ccc(C(F)(F)F)cc1. The zero-order chi connectivity index (χ0) is 14.8. The summed E-state index contributed by atoms with van der Waals surface area (Å²) in [6.45, 7) is 7.08. The number of halogens is 3. The van der Waals surface area contributed by atoms with Crippen molar-refractivity contribution in [1.82, 2.24) is 5.32 Å². The number of hydrogen-bond acceptors (Lipinski definition) is 1. The number of carbonyl (C=O) groups excluding carboxylic acids is 1. The van der Waals surface area contributed by atoms with Crippen LogP contribution in [0.1, 0.15) is 44.9 Å². The van der Waals surface area contributed by atoms with Crippen LogP contribution < -0.4 is 5.32 Å². The molecule has 0 aromatic heterocycles. The molecule has 106 valence electrons. The van der Waals surface area contributed by atoms with Gasteiger partial charge in [0.15, 0.2) is 0 Å². The lowest BCUT2D eigenvalue weighted by atomic mass is 9.94. The number of nitrogens with one attached hydrogen (secondary N) is 1. The highest BCUT2D eigenvalue weighted by Gasteiger charge is 2.30. The van der Waals surface area contributed by atoms with Crippen molar-refractivity contribution in [3.8, 4) is 0 Å². The highest BCUT2D eigenvalue weighted by molar-refractivity contribution is 5.81. The summed E-state index contributed by atoms with van der Waals surface area (Å²) < 4.78 is 37.3. The first-order valence-corrected chi connectivity index (χ1v) is 6.00. The zero-order valence-corrected chi connectivity index (χ0v) is 11.4. The highest BCUT2D eigenvalue weighted by atomic mass is 19.4. The van der Waals surface area contributed by atoms with Gasteiger partial charge in [0.05, 0.1) is 11.6 Å². The van der Waals surface area contributed by atoms with Gasteiger partial charge in [-0.1, -0.05) is 32.9 Å². The van der Waals surface area contributed by atoms with E-state index in [1.54, 1.807) is 27.7 Å². The van der Waals surface area contributed by atoms with Gasteiger partial charge in [-0.15, -0.1) is 0 Å². The van der Waals surface area contributed by atoms with E-state index in [1.807, 2.05) is 0 Å². The van der Waals surface area contributed by atoms with E-state index in [2.05, 4.69) is 5.32 Å². The molecule has 5 heteroatoms. The fourth-order valence-corrected chi connectivity index (χ4v) is 1.46. The number of alkyl halides is 3. The van der Waals surface area contributed by atoms with Crippen molar-refractivity contribution in [3.63, 3.8) is 0 Å². The molecule has 0 spiro atoms. The first kappa shape index (κ1) is 15.5. The Balaban J connectivity index is 2.79. The second-order valence-electron chi connectivity index (χ2n) is 5.56. The number of carbonyl (C=O) groups is 1. The Morgan fingerprint density at radius 1 is 1.11 bits per heavy atom. The summed E-state index contributed by atoms with van der Waals surface area (Å²) in [5, 5.41) is 2.77. The van der Waals surface area contributed by atoms with Crippen molar-refractivity contribution in [2.45, 2.75) is 39.9 Å². The molecule has 1 aromatic carbocycles.